The van der Waals surface area contributed by atoms with E-state index in [9.17, 15) is 0 Å². The zero-order valence-electron chi connectivity index (χ0n) is 36.2. The van der Waals surface area contributed by atoms with Crippen LogP contribution in [0.1, 0.15) is 25.0 Å². The highest BCUT2D eigenvalue weighted by molar-refractivity contribution is 6.36. The van der Waals surface area contributed by atoms with Crippen LogP contribution in [0.25, 0.3) is 98.8 Å². The third-order valence-corrected chi connectivity index (χ3v) is 14.0. The third kappa shape index (κ3) is 5.81. The van der Waals surface area contributed by atoms with E-state index in [1.807, 2.05) is 6.07 Å². The highest BCUT2D eigenvalue weighted by atomic mass is 16.3. The van der Waals surface area contributed by atoms with Gasteiger partial charge in [-0.25, -0.2) is 0 Å². The maximum absolute atomic E-state index is 6.44. The van der Waals surface area contributed by atoms with Gasteiger partial charge in [-0.05, 0) is 143 Å². The van der Waals surface area contributed by atoms with E-state index in [1.165, 1.54) is 87.8 Å². The van der Waals surface area contributed by atoms with Crippen LogP contribution in [0.5, 0.6) is 0 Å². The van der Waals surface area contributed by atoms with Crippen molar-refractivity contribution in [2.75, 3.05) is 4.90 Å². The van der Waals surface area contributed by atoms with E-state index in [1.54, 1.807) is 0 Å². The Balaban J connectivity index is 1.06. The number of rotatable bonds is 6. The van der Waals surface area contributed by atoms with Crippen LogP contribution in [0.2, 0.25) is 0 Å². The molecule has 0 saturated heterocycles. The third-order valence-electron chi connectivity index (χ3n) is 14.0. The lowest BCUT2D eigenvalue weighted by molar-refractivity contribution is 0.660. The number of fused-ring (bicyclic) bond motifs is 13. The Hall–Kier alpha value is -8.20. The first-order chi connectivity index (χ1) is 32.0. The van der Waals surface area contributed by atoms with E-state index in [4.69, 9.17) is 4.42 Å². The first-order valence-corrected chi connectivity index (χ1v) is 22.6. The van der Waals surface area contributed by atoms with Crippen molar-refractivity contribution >= 4 is 71.3 Å². The van der Waals surface area contributed by atoms with Gasteiger partial charge in [0.2, 0.25) is 0 Å². The van der Waals surface area contributed by atoms with Crippen molar-refractivity contribution in [3.63, 3.8) is 0 Å². The number of nitrogens with zero attached hydrogens (tertiary/aromatic N) is 1. The summed E-state index contributed by atoms with van der Waals surface area (Å²) in [5, 5.41) is 9.72. The number of furan rings is 1. The molecule has 1 heterocycles. The summed E-state index contributed by atoms with van der Waals surface area (Å²) in [6, 6.07) is 82.3. The van der Waals surface area contributed by atoms with E-state index >= 15 is 0 Å². The van der Waals surface area contributed by atoms with Crippen molar-refractivity contribution in [3.8, 4) is 44.5 Å². The molecule has 0 unspecified atom stereocenters. The molecule has 0 spiro atoms. The molecule has 306 valence electrons. The highest BCUT2D eigenvalue weighted by Crippen LogP contribution is 2.52. The molecule has 0 radical (unpaired) electrons. The number of hydrogen-bond donors (Lipinski definition) is 0. The summed E-state index contributed by atoms with van der Waals surface area (Å²) in [5.41, 5.74) is 17.4. The van der Waals surface area contributed by atoms with E-state index in [0.717, 1.165) is 39.2 Å². The van der Waals surface area contributed by atoms with Gasteiger partial charge in [0.15, 0.2) is 0 Å². The second kappa shape index (κ2) is 14.4. The fraction of sp³-hybridized carbons (Fsp3) is 0.0476. The van der Waals surface area contributed by atoms with Crippen LogP contribution in [0.4, 0.5) is 17.1 Å². The maximum Gasteiger partial charge on any atom is 0.136 e. The predicted octanol–water partition coefficient (Wildman–Crippen LogP) is 17.8. The molecule has 0 fully saturated rings. The van der Waals surface area contributed by atoms with Crippen LogP contribution in [0.3, 0.4) is 0 Å². The maximum atomic E-state index is 6.44. The van der Waals surface area contributed by atoms with Crippen LogP contribution < -0.4 is 4.90 Å². The van der Waals surface area contributed by atoms with Crippen LogP contribution in [-0.4, -0.2) is 0 Å². The van der Waals surface area contributed by atoms with Gasteiger partial charge in [0, 0.05) is 38.6 Å². The summed E-state index contributed by atoms with van der Waals surface area (Å²) < 4.78 is 6.44. The van der Waals surface area contributed by atoms with Gasteiger partial charge in [0.05, 0.1) is 0 Å². The molecule has 0 atom stereocenters. The Bertz CT molecular complexity index is 3770. The van der Waals surface area contributed by atoms with Crippen molar-refractivity contribution in [1.29, 1.82) is 0 Å². The molecule has 65 heavy (non-hydrogen) atoms. The molecular formula is C63H43NO. The van der Waals surface area contributed by atoms with Gasteiger partial charge >= 0.3 is 0 Å². The Morgan fingerprint density at radius 2 is 0.846 bits per heavy atom. The molecule has 13 rings (SSSR count). The molecule has 1 aromatic heterocycles. The molecule has 0 N–H and O–H groups in total. The van der Waals surface area contributed by atoms with Gasteiger partial charge in [-0.15, -0.1) is 0 Å². The largest absolute Gasteiger partial charge is 0.456 e. The first-order valence-electron chi connectivity index (χ1n) is 22.6. The highest BCUT2D eigenvalue weighted by Gasteiger charge is 2.36. The zero-order valence-corrected chi connectivity index (χ0v) is 36.2. The lowest BCUT2D eigenvalue weighted by Crippen LogP contribution is -2.16. The van der Waals surface area contributed by atoms with Gasteiger partial charge in [0.1, 0.15) is 11.2 Å². The minimum absolute atomic E-state index is 0.155. The van der Waals surface area contributed by atoms with E-state index in [-0.39, 0.29) is 5.41 Å². The first kappa shape index (κ1) is 37.4. The topological polar surface area (TPSA) is 16.4 Å². The van der Waals surface area contributed by atoms with Crippen molar-refractivity contribution in [2.24, 2.45) is 0 Å². The minimum atomic E-state index is -0.155. The molecule has 2 heteroatoms. The number of benzene rings is 11. The van der Waals surface area contributed by atoms with Crippen molar-refractivity contribution < 1.29 is 4.42 Å². The summed E-state index contributed by atoms with van der Waals surface area (Å²) in [6.07, 6.45) is 0. The summed E-state index contributed by atoms with van der Waals surface area (Å²) >= 11 is 0. The summed E-state index contributed by atoms with van der Waals surface area (Å²) in [4.78, 5) is 2.47. The van der Waals surface area contributed by atoms with Crippen molar-refractivity contribution in [1.82, 2.24) is 0 Å². The van der Waals surface area contributed by atoms with Crippen LogP contribution in [0, 0.1) is 0 Å². The van der Waals surface area contributed by atoms with Gasteiger partial charge < -0.3 is 9.32 Å². The quantitative estimate of drug-likeness (QED) is 0.155. The molecule has 0 saturated carbocycles. The Labute approximate surface area is 378 Å². The van der Waals surface area contributed by atoms with E-state index in [2.05, 4.69) is 237 Å². The van der Waals surface area contributed by atoms with Crippen LogP contribution in [0.15, 0.2) is 229 Å². The zero-order chi connectivity index (χ0) is 43.2. The van der Waals surface area contributed by atoms with Gasteiger partial charge in [-0.2, -0.15) is 0 Å². The predicted molar refractivity (Wildman–Crippen MR) is 275 cm³/mol. The molecule has 0 amide bonds. The summed E-state index contributed by atoms with van der Waals surface area (Å²) in [5.74, 6) is 0. The lowest BCUT2D eigenvalue weighted by Gasteiger charge is -2.29. The summed E-state index contributed by atoms with van der Waals surface area (Å²) in [6.45, 7) is 4.73. The monoisotopic (exact) mass is 829 g/mol. The van der Waals surface area contributed by atoms with Crippen LogP contribution >= 0.6 is 0 Å². The van der Waals surface area contributed by atoms with Gasteiger partial charge in [-0.3, -0.25) is 0 Å². The molecule has 1 aliphatic carbocycles. The summed E-state index contributed by atoms with van der Waals surface area (Å²) in [7, 11) is 0. The van der Waals surface area contributed by atoms with E-state index < -0.39 is 0 Å². The molecule has 0 bridgehead atoms. The molecule has 2 nitrogen and oxygen atoms in total. The minimum Gasteiger partial charge on any atom is -0.456 e. The molecule has 0 aliphatic heterocycles. The average molecular weight is 830 g/mol. The SMILES string of the molecule is CC1(C)c2ccccc2-c2ccc(N(c3cc(-c4ccccc4)cc(-c4ccccc4)c3)c3cccc(-c4cccc5c6ccc7oc8ccccc8c7c6c6ccccc6c45)c3)cc21. The fourth-order valence-electron chi connectivity index (χ4n) is 11.0. The van der Waals surface area contributed by atoms with Gasteiger partial charge in [0.25, 0.3) is 0 Å². The Kier molecular flexibility index (Phi) is 8.29. The molecular weight excluding hydrogens is 787 g/mol. The van der Waals surface area contributed by atoms with E-state index in [0.29, 0.717) is 0 Å². The smallest absolute Gasteiger partial charge is 0.136 e. The second-order valence-electron chi connectivity index (χ2n) is 18.0. The van der Waals surface area contributed by atoms with Crippen LogP contribution in [-0.2, 0) is 5.41 Å². The molecule has 1 aliphatic rings. The average Bonchev–Trinajstić information content (AvgIpc) is 3.86. The lowest BCUT2D eigenvalue weighted by atomic mass is 9.82. The number of para-hydroxylation sites is 1. The second-order valence-corrected chi connectivity index (χ2v) is 18.0. The fourth-order valence-corrected chi connectivity index (χ4v) is 11.0. The molecule has 12 aromatic rings. The Morgan fingerprint density at radius 1 is 0.308 bits per heavy atom. The molecule has 11 aromatic carbocycles. The number of hydrogen-bond acceptors (Lipinski definition) is 2. The van der Waals surface area contributed by atoms with Gasteiger partial charge in [-0.1, -0.05) is 178 Å². The van der Waals surface area contributed by atoms with Crippen molar-refractivity contribution in [2.45, 2.75) is 19.3 Å². The standard InChI is InChI=1S/C63H43NO/c1-63(2)56-29-13-11-23-49(56)50-32-31-46(39-57(50)63)64(47-37-43(40-17-5-3-6-18-40)35-44(38-47)41-19-7-4-8-20-41)45-22-15-21-42(36-45)48-27-16-28-52-54-33-34-59-62(55-26-12-14-30-58(55)65-59)61(54)53-25-10-9-24-51(53)60(48)52/h3-39H,1-2H3. The van der Waals surface area contributed by atoms with Crippen molar-refractivity contribution in [3.05, 3.63) is 236 Å². The Morgan fingerprint density at radius 3 is 1.60 bits per heavy atom. The number of anilines is 3. The normalized spacial score (nSPS) is 12.9.